The van der Waals surface area contributed by atoms with Gasteiger partial charge in [0.05, 0.1) is 23.0 Å². The highest BCUT2D eigenvalue weighted by Gasteiger charge is 2.16. The number of allylic oxidation sites excluding steroid dienone is 1. The van der Waals surface area contributed by atoms with Crippen LogP contribution in [0.4, 0.5) is 0 Å². The van der Waals surface area contributed by atoms with Crippen molar-refractivity contribution >= 4 is 5.71 Å². The quantitative estimate of drug-likeness (QED) is 0.656. The number of hydrogen-bond donors (Lipinski definition) is 0. The number of aromatic nitrogens is 1. The molecule has 3 nitrogen and oxygen atoms in total. The zero-order chi connectivity index (χ0) is 9.42. The predicted molar refractivity (Wildman–Crippen MR) is 51.1 cm³/mol. The Morgan fingerprint density at radius 3 is 2.62 bits per heavy atom. The Kier molecular flexibility index (Phi) is 1.79. The summed E-state index contributed by atoms with van der Waals surface area (Å²) in [5.74, 6) is 0.843. The minimum absolute atomic E-state index is 0.281. The van der Waals surface area contributed by atoms with Crippen molar-refractivity contribution in [2.24, 2.45) is 4.99 Å². The summed E-state index contributed by atoms with van der Waals surface area (Å²) in [6, 6.07) is 0.281. The van der Waals surface area contributed by atoms with Gasteiger partial charge in [-0.05, 0) is 26.8 Å². The van der Waals surface area contributed by atoms with Gasteiger partial charge in [0.2, 0.25) is 0 Å². The maximum absolute atomic E-state index is 5.08. The Balaban J connectivity index is 2.47. The van der Waals surface area contributed by atoms with Gasteiger partial charge in [0, 0.05) is 0 Å². The van der Waals surface area contributed by atoms with E-state index in [0.29, 0.717) is 0 Å². The van der Waals surface area contributed by atoms with Gasteiger partial charge < -0.3 is 4.52 Å². The first-order chi connectivity index (χ1) is 6.18. The van der Waals surface area contributed by atoms with Gasteiger partial charge in [0.1, 0.15) is 5.76 Å². The summed E-state index contributed by atoms with van der Waals surface area (Å²) in [7, 11) is 0. The van der Waals surface area contributed by atoms with Crippen molar-refractivity contribution in [2.75, 3.05) is 0 Å². The lowest BCUT2D eigenvalue weighted by molar-refractivity contribution is 0.393. The van der Waals surface area contributed by atoms with E-state index >= 15 is 0 Å². The summed E-state index contributed by atoms with van der Waals surface area (Å²) >= 11 is 0. The van der Waals surface area contributed by atoms with E-state index in [2.05, 4.69) is 23.1 Å². The van der Waals surface area contributed by atoms with Crippen LogP contribution in [0.2, 0.25) is 0 Å². The molecule has 1 atom stereocenters. The molecule has 0 saturated carbocycles. The normalized spacial score (nSPS) is 20.8. The fraction of sp³-hybridized carbons (Fsp3) is 0.400. The number of rotatable bonds is 1. The molecule has 0 N–H and O–H groups in total. The van der Waals surface area contributed by atoms with Crippen molar-refractivity contribution in [1.29, 1.82) is 0 Å². The number of aliphatic imine (C=N–C) groups is 1. The highest BCUT2D eigenvalue weighted by molar-refractivity contribution is 6.11. The molecule has 0 spiro atoms. The molecule has 1 aromatic heterocycles. The molecule has 0 aromatic carbocycles. The molecule has 13 heavy (non-hydrogen) atoms. The highest BCUT2D eigenvalue weighted by atomic mass is 16.5. The van der Waals surface area contributed by atoms with Crippen LogP contribution in [0, 0.1) is 13.8 Å². The molecule has 0 bridgehead atoms. The van der Waals surface area contributed by atoms with E-state index in [1.54, 1.807) is 0 Å². The van der Waals surface area contributed by atoms with Crippen LogP contribution in [0.25, 0.3) is 0 Å². The van der Waals surface area contributed by atoms with Crippen LogP contribution in [-0.4, -0.2) is 16.9 Å². The largest absolute Gasteiger partial charge is 0.361 e. The van der Waals surface area contributed by atoms with Gasteiger partial charge >= 0.3 is 0 Å². The second-order valence-electron chi connectivity index (χ2n) is 3.31. The van der Waals surface area contributed by atoms with Crippen LogP contribution in [0.1, 0.15) is 23.9 Å². The third kappa shape index (κ3) is 1.30. The van der Waals surface area contributed by atoms with Gasteiger partial charge in [-0.2, -0.15) is 0 Å². The van der Waals surface area contributed by atoms with Crippen LogP contribution in [0.5, 0.6) is 0 Å². The lowest BCUT2D eigenvalue weighted by Gasteiger charge is -1.96. The van der Waals surface area contributed by atoms with E-state index in [0.717, 1.165) is 22.7 Å². The maximum atomic E-state index is 5.08. The Morgan fingerprint density at radius 2 is 2.15 bits per heavy atom. The molecule has 1 aromatic rings. The molecule has 2 heterocycles. The fourth-order valence-corrected chi connectivity index (χ4v) is 1.53. The number of hydrogen-bond acceptors (Lipinski definition) is 3. The summed E-state index contributed by atoms with van der Waals surface area (Å²) in [5.41, 5.74) is 2.94. The van der Waals surface area contributed by atoms with E-state index in [9.17, 15) is 0 Å². The van der Waals surface area contributed by atoms with Crippen molar-refractivity contribution in [3.63, 3.8) is 0 Å². The lowest BCUT2D eigenvalue weighted by Crippen LogP contribution is -1.98. The summed E-state index contributed by atoms with van der Waals surface area (Å²) in [6.45, 7) is 5.90. The molecule has 1 aliphatic heterocycles. The summed E-state index contributed by atoms with van der Waals surface area (Å²) in [5, 5.41) is 3.90. The van der Waals surface area contributed by atoms with E-state index in [1.165, 1.54) is 0 Å². The Bertz CT molecular complexity index is 368. The molecule has 1 unspecified atom stereocenters. The Labute approximate surface area is 77.2 Å². The van der Waals surface area contributed by atoms with Gasteiger partial charge in [-0.25, -0.2) is 0 Å². The SMILES string of the molecule is Cc1noc(C)c1C1=NC(C)C=C1. The summed E-state index contributed by atoms with van der Waals surface area (Å²) in [6.07, 6.45) is 4.10. The molecule has 0 fully saturated rings. The number of nitrogens with zero attached hydrogens (tertiary/aromatic N) is 2. The van der Waals surface area contributed by atoms with Crippen LogP contribution in [0.15, 0.2) is 21.7 Å². The van der Waals surface area contributed by atoms with Crippen molar-refractivity contribution in [3.05, 3.63) is 29.2 Å². The average Bonchev–Trinajstić information content (AvgIpc) is 2.60. The van der Waals surface area contributed by atoms with Crippen LogP contribution < -0.4 is 0 Å². The third-order valence-electron chi connectivity index (χ3n) is 2.16. The Morgan fingerprint density at radius 1 is 1.38 bits per heavy atom. The first-order valence-corrected chi connectivity index (χ1v) is 4.37. The van der Waals surface area contributed by atoms with Crippen LogP contribution in [-0.2, 0) is 0 Å². The zero-order valence-electron chi connectivity index (χ0n) is 8.03. The zero-order valence-corrected chi connectivity index (χ0v) is 8.03. The van der Waals surface area contributed by atoms with Crippen molar-refractivity contribution < 1.29 is 4.52 Å². The van der Waals surface area contributed by atoms with Crippen molar-refractivity contribution in [2.45, 2.75) is 26.8 Å². The maximum Gasteiger partial charge on any atom is 0.143 e. The average molecular weight is 176 g/mol. The molecule has 68 valence electrons. The fourth-order valence-electron chi connectivity index (χ4n) is 1.53. The molecular weight excluding hydrogens is 164 g/mol. The number of aryl methyl sites for hydroxylation is 2. The first kappa shape index (κ1) is 8.23. The van der Waals surface area contributed by atoms with Crippen molar-refractivity contribution in [1.82, 2.24) is 5.16 Å². The monoisotopic (exact) mass is 176 g/mol. The smallest absolute Gasteiger partial charge is 0.143 e. The highest BCUT2D eigenvalue weighted by Crippen LogP contribution is 2.18. The third-order valence-corrected chi connectivity index (χ3v) is 2.16. The molecular formula is C10H12N2O. The van der Waals surface area contributed by atoms with Gasteiger partial charge in [-0.1, -0.05) is 11.2 Å². The molecule has 0 saturated heterocycles. The molecule has 1 aliphatic rings. The second-order valence-corrected chi connectivity index (χ2v) is 3.31. The second kappa shape index (κ2) is 2.83. The van der Waals surface area contributed by atoms with E-state index < -0.39 is 0 Å². The summed E-state index contributed by atoms with van der Waals surface area (Å²) < 4.78 is 5.08. The molecule has 0 amide bonds. The van der Waals surface area contributed by atoms with E-state index in [4.69, 9.17) is 4.52 Å². The van der Waals surface area contributed by atoms with E-state index in [1.807, 2.05) is 19.9 Å². The molecule has 0 radical (unpaired) electrons. The van der Waals surface area contributed by atoms with Crippen molar-refractivity contribution in [3.8, 4) is 0 Å². The molecule has 0 aliphatic carbocycles. The predicted octanol–water partition coefficient (Wildman–Crippen LogP) is 2.04. The van der Waals surface area contributed by atoms with Gasteiger partial charge in [-0.15, -0.1) is 0 Å². The topological polar surface area (TPSA) is 38.4 Å². The lowest BCUT2D eigenvalue weighted by atomic mass is 10.1. The van der Waals surface area contributed by atoms with Gasteiger partial charge in [-0.3, -0.25) is 4.99 Å². The van der Waals surface area contributed by atoms with Gasteiger partial charge in [0.15, 0.2) is 0 Å². The van der Waals surface area contributed by atoms with Crippen LogP contribution in [0.3, 0.4) is 0 Å². The summed E-state index contributed by atoms with van der Waals surface area (Å²) in [4.78, 5) is 4.46. The standard InChI is InChI=1S/C10H12N2O/c1-6-4-5-9(11-6)10-7(2)12-13-8(10)3/h4-6H,1-3H3. The minimum atomic E-state index is 0.281. The minimum Gasteiger partial charge on any atom is -0.361 e. The molecule has 2 rings (SSSR count). The van der Waals surface area contributed by atoms with Crippen LogP contribution >= 0.6 is 0 Å². The Hall–Kier alpha value is -1.38. The molecule has 3 heteroatoms. The van der Waals surface area contributed by atoms with E-state index in [-0.39, 0.29) is 6.04 Å². The van der Waals surface area contributed by atoms with Gasteiger partial charge in [0.25, 0.3) is 0 Å². The first-order valence-electron chi connectivity index (χ1n) is 4.37.